The number of rotatable bonds is 2. The van der Waals surface area contributed by atoms with Gasteiger partial charge >= 0.3 is 0 Å². The number of ether oxygens (including phenoxy) is 1. The van der Waals surface area contributed by atoms with Crippen molar-refractivity contribution in [2.45, 2.75) is 25.0 Å². The van der Waals surface area contributed by atoms with E-state index in [1.807, 2.05) is 6.08 Å². The van der Waals surface area contributed by atoms with Crippen LogP contribution in [-0.4, -0.2) is 15.6 Å². The van der Waals surface area contributed by atoms with E-state index in [1.54, 1.807) is 26.0 Å². The van der Waals surface area contributed by atoms with E-state index in [1.165, 1.54) is 0 Å². The van der Waals surface area contributed by atoms with Crippen LogP contribution in [0.1, 0.15) is 25.8 Å². The second kappa shape index (κ2) is 5.34. The predicted molar refractivity (Wildman–Crippen MR) is 78.6 cm³/mol. The lowest BCUT2D eigenvalue weighted by atomic mass is 9.96. The number of fused-ring (bicyclic) bond motifs is 1. The molecule has 0 saturated carbocycles. The molecule has 0 bridgehead atoms. The van der Waals surface area contributed by atoms with E-state index in [2.05, 4.69) is 15.9 Å². The number of hydrogen-bond donors (Lipinski definition) is 1. The third kappa shape index (κ3) is 2.90. The fraction of sp³-hybridized carbons (Fsp3) is 0.385. The van der Waals surface area contributed by atoms with Gasteiger partial charge in [-0.3, -0.25) is 5.14 Å². The van der Waals surface area contributed by atoms with E-state index in [4.69, 9.17) is 9.88 Å². The molecule has 6 heteroatoms. The molecule has 1 aromatic carbocycles. The van der Waals surface area contributed by atoms with Gasteiger partial charge in [0.25, 0.3) is 0 Å². The third-order valence-electron chi connectivity index (χ3n) is 3.05. The van der Waals surface area contributed by atoms with E-state index in [0.29, 0.717) is 23.1 Å². The number of nitrogens with two attached hydrogens (primary N) is 1. The summed E-state index contributed by atoms with van der Waals surface area (Å²) in [5.41, 5.74) is 1.61. The molecule has 19 heavy (non-hydrogen) atoms. The second-order valence-corrected chi connectivity index (χ2v) is 7.41. The average molecular weight is 348 g/mol. The SMILES string of the molecule is CC(C)(C=C1CCOc2c1ccc(Br)c2F)S(N)=O. The number of halogens is 2. The normalized spacial score (nSPS) is 18.9. The Balaban J connectivity index is 2.52. The van der Waals surface area contributed by atoms with Crippen molar-refractivity contribution in [1.29, 1.82) is 0 Å². The molecule has 1 unspecified atom stereocenters. The largest absolute Gasteiger partial charge is 0.489 e. The smallest absolute Gasteiger partial charge is 0.179 e. The monoisotopic (exact) mass is 347 g/mol. The minimum atomic E-state index is -1.48. The Hall–Kier alpha value is -0.720. The summed E-state index contributed by atoms with van der Waals surface area (Å²) in [5.74, 6) is -0.166. The summed E-state index contributed by atoms with van der Waals surface area (Å²) in [6.07, 6.45) is 2.49. The lowest BCUT2D eigenvalue weighted by Crippen LogP contribution is -2.30. The Morgan fingerprint density at radius 3 is 2.84 bits per heavy atom. The first kappa shape index (κ1) is 14.7. The summed E-state index contributed by atoms with van der Waals surface area (Å²) in [7, 11) is -1.48. The first-order valence-corrected chi connectivity index (χ1v) is 7.82. The Morgan fingerprint density at radius 1 is 1.53 bits per heavy atom. The molecule has 1 aliphatic rings. The maximum atomic E-state index is 14.0. The number of benzene rings is 1. The van der Waals surface area contributed by atoms with E-state index >= 15 is 0 Å². The van der Waals surface area contributed by atoms with Gasteiger partial charge in [-0.15, -0.1) is 0 Å². The molecular formula is C13H15BrFNO2S. The van der Waals surface area contributed by atoms with Crippen molar-refractivity contribution in [2.24, 2.45) is 5.14 Å². The highest BCUT2D eigenvalue weighted by molar-refractivity contribution is 9.10. The zero-order chi connectivity index (χ0) is 14.2. The molecule has 0 amide bonds. The third-order valence-corrected chi connectivity index (χ3v) is 4.82. The first-order chi connectivity index (χ1) is 8.83. The zero-order valence-electron chi connectivity index (χ0n) is 10.7. The van der Waals surface area contributed by atoms with Crippen LogP contribution in [0.5, 0.6) is 5.75 Å². The highest BCUT2D eigenvalue weighted by atomic mass is 79.9. The van der Waals surface area contributed by atoms with Gasteiger partial charge in [0.15, 0.2) is 11.6 Å². The van der Waals surface area contributed by atoms with Gasteiger partial charge in [0.05, 0.1) is 26.8 Å². The molecule has 1 aliphatic heterocycles. The van der Waals surface area contributed by atoms with Gasteiger partial charge in [-0.25, -0.2) is 8.60 Å². The topological polar surface area (TPSA) is 52.3 Å². The van der Waals surface area contributed by atoms with Crippen LogP contribution in [0.3, 0.4) is 0 Å². The van der Waals surface area contributed by atoms with Crippen LogP contribution >= 0.6 is 15.9 Å². The molecule has 1 heterocycles. The summed E-state index contributed by atoms with van der Waals surface area (Å²) >= 11 is 3.14. The first-order valence-electron chi connectivity index (χ1n) is 5.82. The quantitative estimate of drug-likeness (QED) is 0.893. The van der Waals surface area contributed by atoms with Crippen molar-refractivity contribution in [2.75, 3.05) is 6.61 Å². The maximum Gasteiger partial charge on any atom is 0.179 e. The van der Waals surface area contributed by atoms with Crippen molar-refractivity contribution in [3.8, 4) is 5.75 Å². The summed E-state index contributed by atoms with van der Waals surface area (Å²) in [5, 5.41) is 5.48. The fourth-order valence-electron chi connectivity index (χ4n) is 1.95. The Kier molecular flexibility index (Phi) is 4.13. The molecule has 2 rings (SSSR count). The van der Waals surface area contributed by atoms with Gasteiger partial charge in [-0.05, 0) is 47.5 Å². The average Bonchev–Trinajstić information content (AvgIpc) is 2.34. The fourth-order valence-corrected chi connectivity index (χ4v) is 2.52. The van der Waals surface area contributed by atoms with Gasteiger partial charge in [0.1, 0.15) is 0 Å². The minimum Gasteiger partial charge on any atom is -0.489 e. The van der Waals surface area contributed by atoms with Crippen LogP contribution in [-0.2, 0) is 11.0 Å². The number of hydrogen-bond acceptors (Lipinski definition) is 2. The lowest BCUT2D eigenvalue weighted by molar-refractivity contribution is 0.298. The van der Waals surface area contributed by atoms with Crippen LogP contribution in [0.25, 0.3) is 5.57 Å². The van der Waals surface area contributed by atoms with Crippen LogP contribution < -0.4 is 9.88 Å². The summed E-state index contributed by atoms with van der Waals surface area (Å²) in [6.45, 7) is 3.99. The molecule has 3 nitrogen and oxygen atoms in total. The Labute approximate surface area is 122 Å². The molecule has 2 N–H and O–H groups in total. The molecule has 0 radical (unpaired) electrons. The molecule has 0 aromatic heterocycles. The standard InChI is InChI=1S/C13H15BrFNO2S/c1-13(2,19(16)17)7-8-5-6-18-12-9(8)3-4-10(14)11(12)15/h3-4,7H,5-6,16H2,1-2H3. The second-order valence-electron chi connectivity index (χ2n) is 4.91. The van der Waals surface area contributed by atoms with Crippen molar-refractivity contribution in [1.82, 2.24) is 0 Å². The molecule has 1 atom stereocenters. The predicted octanol–water partition coefficient (Wildman–Crippen LogP) is 3.16. The highest BCUT2D eigenvalue weighted by Gasteiger charge is 2.26. The molecule has 1 aromatic rings. The van der Waals surface area contributed by atoms with Gasteiger partial charge < -0.3 is 4.74 Å². The van der Waals surface area contributed by atoms with Gasteiger partial charge in [-0.2, -0.15) is 0 Å². The van der Waals surface area contributed by atoms with Gasteiger partial charge in [-0.1, -0.05) is 6.08 Å². The molecule has 0 saturated heterocycles. The molecule has 0 aliphatic carbocycles. The van der Waals surface area contributed by atoms with Crippen molar-refractivity contribution in [3.05, 3.63) is 34.1 Å². The summed E-state index contributed by atoms with van der Waals surface area (Å²) in [4.78, 5) is 0. The molecule has 0 fully saturated rings. The molecule has 0 spiro atoms. The zero-order valence-corrected chi connectivity index (χ0v) is 13.1. The van der Waals surface area contributed by atoms with E-state index < -0.39 is 21.5 Å². The Bertz CT molecular complexity index is 572. The summed E-state index contributed by atoms with van der Waals surface area (Å²) < 4.78 is 30.6. The van der Waals surface area contributed by atoms with Gasteiger partial charge in [0, 0.05) is 12.0 Å². The lowest BCUT2D eigenvalue weighted by Gasteiger charge is -2.24. The minimum absolute atomic E-state index is 0.241. The van der Waals surface area contributed by atoms with Crippen LogP contribution in [0.15, 0.2) is 22.7 Å². The highest BCUT2D eigenvalue weighted by Crippen LogP contribution is 2.39. The van der Waals surface area contributed by atoms with E-state index in [0.717, 1.165) is 5.57 Å². The maximum absolute atomic E-state index is 14.0. The van der Waals surface area contributed by atoms with Gasteiger partial charge in [0.2, 0.25) is 0 Å². The van der Waals surface area contributed by atoms with Crippen molar-refractivity contribution >= 4 is 32.5 Å². The van der Waals surface area contributed by atoms with Crippen LogP contribution in [0.2, 0.25) is 0 Å². The Morgan fingerprint density at radius 2 is 2.21 bits per heavy atom. The van der Waals surface area contributed by atoms with Crippen LogP contribution in [0.4, 0.5) is 4.39 Å². The van der Waals surface area contributed by atoms with Crippen molar-refractivity contribution in [3.63, 3.8) is 0 Å². The van der Waals surface area contributed by atoms with Crippen LogP contribution in [0, 0.1) is 5.82 Å². The summed E-state index contributed by atoms with van der Waals surface area (Å²) in [6, 6.07) is 3.44. The molecule has 104 valence electrons. The van der Waals surface area contributed by atoms with E-state index in [9.17, 15) is 8.60 Å². The molecular weight excluding hydrogens is 333 g/mol. The van der Waals surface area contributed by atoms with E-state index in [-0.39, 0.29) is 5.75 Å². The van der Waals surface area contributed by atoms with Crippen molar-refractivity contribution < 1.29 is 13.3 Å².